The molecule has 0 fully saturated rings. The van der Waals surface area contributed by atoms with Gasteiger partial charge in [-0.15, -0.1) is 0 Å². The molecule has 3 heterocycles. The second-order valence-corrected chi connectivity index (χ2v) is 21.4. The molecule has 0 aliphatic rings. The number of hydrogen-bond acceptors (Lipinski definition) is 6. The van der Waals surface area contributed by atoms with Crippen molar-refractivity contribution in [1.29, 1.82) is 0 Å². The summed E-state index contributed by atoms with van der Waals surface area (Å²) in [6.07, 6.45) is 1.08. The van der Waals surface area contributed by atoms with Crippen LogP contribution in [0.5, 0.6) is 28.7 Å². The van der Waals surface area contributed by atoms with E-state index in [1.807, 2.05) is 102 Å². The Morgan fingerprint density at radius 1 is 0.341 bits per heavy atom. The Morgan fingerprint density at radius 2 is 0.659 bits per heavy atom. The summed E-state index contributed by atoms with van der Waals surface area (Å²) in [5.74, 6) is 4.43. The number of nitrogens with one attached hydrogen (secondary N) is 2. The van der Waals surface area contributed by atoms with Gasteiger partial charge in [0.1, 0.15) is 39.9 Å². The average molecular weight is 1180 g/mol. The van der Waals surface area contributed by atoms with Gasteiger partial charge < -0.3 is 39.2 Å². The average Bonchev–Trinajstić information content (AvgIpc) is 3.69. The van der Waals surface area contributed by atoms with Crippen molar-refractivity contribution in [2.45, 2.75) is 101 Å². The number of ether oxygens (including phenoxy) is 2. The molecule has 0 amide bonds. The number of furan rings is 1. The fourth-order valence-corrected chi connectivity index (χ4v) is 9.91. The number of benzene rings is 11. The predicted molar refractivity (Wildman–Crippen MR) is 379 cm³/mol. The van der Waals surface area contributed by atoms with Gasteiger partial charge in [0.2, 0.25) is 0 Å². The van der Waals surface area contributed by atoms with E-state index in [-0.39, 0.29) is 0 Å². The summed E-state index contributed by atoms with van der Waals surface area (Å²) in [5.41, 5.74) is 10.5. The lowest BCUT2D eigenvalue weighted by Crippen LogP contribution is -1.92. The second kappa shape index (κ2) is 33.9. The number of phenolic OH excluding ortho intramolecular Hbond substituents is 3. The Hall–Kier alpha value is -9.66. The third kappa shape index (κ3) is 18.2. The predicted octanol–water partition coefficient (Wildman–Crippen LogP) is 23.3. The number of aromatic amines is 2. The Kier molecular flexibility index (Phi) is 26.0. The van der Waals surface area contributed by atoms with E-state index in [2.05, 4.69) is 185 Å². The topological polar surface area (TPSA) is 124 Å². The molecular formula is C80H90N2O6. The molecule has 0 radical (unpaired) electrons. The SMILES string of the molecule is CC.CC.CC.CC(C)Cc1ccc(O)cc1.CC(C)c1ccc2cc(O)ccc2c1.CC(C)c1ccc2cc(O)ccc2c1.COc1ccc2oc3ccc(OC)cc3c2c1.c1ccc2c(c1)[nH]c1ccccc12.c1ccc2c(c1)[nH]c1ccccc12. The monoisotopic (exact) mass is 1170 g/mol. The van der Waals surface area contributed by atoms with Gasteiger partial charge in [-0.05, 0) is 159 Å². The molecule has 0 spiro atoms. The summed E-state index contributed by atoms with van der Waals surface area (Å²) in [4.78, 5) is 6.76. The van der Waals surface area contributed by atoms with E-state index in [9.17, 15) is 10.2 Å². The van der Waals surface area contributed by atoms with Crippen LogP contribution in [-0.4, -0.2) is 39.5 Å². The third-order valence-electron chi connectivity index (χ3n) is 14.3. The lowest BCUT2D eigenvalue weighted by atomic mass is 9.99. The third-order valence-corrected chi connectivity index (χ3v) is 14.3. The summed E-state index contributed by atoms with van der Waals surface area (Å²) in [6, 6.07) is 76.1. The standard InChI is InChI=1S/C14H12O3.2C13H14O.2C12H9N.C10H14O.3C2H6/c1-15-9-3-5-13-11(7-9)12-8-10(16-2)4-6-14(12)17-13;2*1-9(2)10-3-4-12-8-13(14)6-5-11(12)7-10;2*1-3-7-11-9(5-1)10-6-2-4-8-12(10)13-11;1-8(2)7-9-3-5-10(11)6-4-9;3*1-2/h3-8H,1-2H3;2*3-9,14H,1-2H3;2*1-8,13H;3-6,8,11H,7H2,1-2H3;3*1-2H3. The van der Waals surface area contributed by atoms with Gasteiger partial charge in [-0.2, -0.15) is 0 Å². The smallest absolute Gasteiger partial charge is 0.135 e. The Morgan fingerprint density at radius 3 is 0.989 bits per heavy atom. The Bertz CT molecular complexity index is 4020. The number of hydrogen-bond donors (Lipinski definition) is 5. The van der Waals surface area contributed by atoms with Crippen LogP contribution in [0.3, 0.4) is 0 Å². The van der Waals surface area contributed by atoms with Crippen molar-refractivity contribution in [2.24, 2.45) is 5.92 Å². The number of phenols is 3. The molecule has 0 unspecified atom stereocenters. The minimum atomic E-state index is 0.329. The zero-order valence-corrected chi connectivity index (χ0v) is 53.9. The number of rotatable bonds is 6. The van der Waals surface area contributed by atoms with E-state index in [1.165, 1.54) is 71.1 Å². The molecule has 0 aliphatic heterocycles. The zero-order chi connectivity index (χ0) is 63.7. The van der Waals surface area contributed by atoms with Crippen LogP contribution in [0.4, 0.5) is 0 Å². The van der Waals surface area contributed by atoms with Gasteiger partial charge >= 0.3 is 0 Å². The first-order valence-corrected chi connectivity index (χ1v) is 30.9. The zero-order valence-electron chi connectivity index (χ0n) is 53.9. The number of para-hydroxylation sites is 4. The number of aromatic hydroxyl groups is 3. The summed E-state index contributed by atoms with van der Waals surface area (Å²) >= 11 is 0. The van der Waals surface area contributed by atoms with Crippen molar-refractivity contribution in [3.63, 3.8) is 0 Å². The van der Waals surface area contributed by atoms with Crippen LogP contribution in [-0.2, 0) is 6.42 Å². The van der Waals surface area contributed by atoms with Crippen molar-refractivity contribution < 1.29 is 29.2 Å². The molecule has 0 bridgehead atoms. The lowest BCUT2D eigenvalue weighted by molar-refractivity contribution is 0.415. The molecule has 0 atom stereocenters. The van der Waals surface area contributed by atoms with Crippen LogP contribution in [0.25, 0.3) is 87.1 Å². The van der Waals surface area contributed by atoms with E-state index in [1.54, 1.807) is 50.6 Å². The van der Waals surface area contributed by atoms with E-state index >= 15 is 0 Å². The van der Waals surface area contributed by atoms with Gasteiger partial charge in [0.05, 0.1) is 14.2 Å². The first-order chi connectivity index (χ1) is 42.7. The van der Waals surface area contributed by atoms with Gasteiger partial charge in [-0.1, -0.05) is 217 Å². The summed E-state index contributed by atoms with van der Waals surface area (Å²) in [5, 5.41) is 39.5. The highest BCUT2D eigenvalue weighted by atomic mass is 16.5. The molecule has 0 saturated carbocycles. The van der Waals surface area contributed by atoms with Crippen LogP contribution in [0.2, 0.25) is 0 Å². The first kappa shape index (κ1) is 67.5. The van der Waals surface area contributed by atoms with Gasteiger partial charge in [0.15, 0.2) is 0 Å². The maximum absolute atomic E-state index is 9.31. The Balaban J connectivity index is 0.000000166. The van der Waals surface area contributed by atoms with Crippen molar-refractivity contribution in [3.8, 4) is 28.7 Å². The molecule has 0 aliphatic carbocycles. The fourth-order valence-electron chi connectivity index (χ4n) is 9.91. The maximum atomic E-state index is 9.31. The molecule has 14 aromatic rings. The number of methoxy groups -OCH3 is 2. The molecule has 8 heteroatoms. The molecule has 88 heavy (non-hydrogen) atoms. The van der Waals surface area contributed by atoms with E-state index < -0.39 is 0 Å². The van der Waals surface area contributed by atoms with Crippen LogP contribution >= 0.6 is 0 Å². The van der Waals surface area contributed by atoms with Crippen molar-refractivity contribution in [2.75, 3.05) is 14.2 Å². The minimum absolute atomic E-state index is 0.329. The second-order valence-electron chi connectivity index (χ2n) is 21.4. The maximum Gasteiger partial charge on any atom is 0.135 e. The van der Waals surface area contributed by atoms with E-state index in [0.29, 0.717) is 35.0 Å². The van der Waals surface area contributed by atoms with Crippen molar-refractivity contribution in [1.82, 2.24) is 9.97 Å². The van der Waals surface area contributed by atoms with Crippen LogP contribution in [0, 0.1) is 5.92 Å². The molecule has 11 aromatic carbocycles. The number of aromatic nitrogens is 2. The summed E-state index contributed by atoms with van der Waals surface area (Å²) in [7, 11) is 3.31. The Labute approximate surface area is 521 Å². The molecular weight excluding hydrogens is 1080 g/mol. The van der Waals surface area contributed by atoms with Gasteiger partial charge in [0, 0.05) is 54.4 Å². The van der Waals surface area contributed by atoms with Crippen molar-refractivity contribution in [3.05, 3.63) is 247 Å². The van der Waals surface area contributed by atoms with Gasteiger partial charge in [-0.3, -0.25) is 0 Å². The van der Waals surface area contributed by atoms with E-state index in [4.69, 9.17) is 19.0 Å². The van der Waals surface area contributed by atoms with Gasteiger partial charge in [-0.25, -0.2) is 0 Å². The molecule has 8 nitrogen and oxygen atoms in total. The highest BCUT2D eigenvalue weighted by Gasteiger charge is 2.10. The fraction of sp³-hybridized carbons (Fsp3) is 0.225. The largest absolute Gasteiger partial charge is 0.508 e. The quantitative estimate of drug-likeness (QED) is 0.113. The van der Waals surface area contributed by atoms with Crippen LogP contribution < -0.4 is 9.47 Å². The van der Waals surface area contributed by atoms with E-state index in [0.717, 1.165) is 50.6 Å². The molecule has 14 rings (SSSR count). The number of H-pyrrole nitrogens is 2. The highest BCUT2D eigenvalue weighted by Crippen LogP contribution is 2.34. The molecule has 5 N–H and O–H groups in total. The van der Waals surface area contributed by atoms with Gasteiger partial charge in [0.25, 0.3) is 0 Å². The lowest BCUT2D eigenvalue weighted by Gasteiger charge is -2.06. The first-order valence-electron chi connectivity index (χ1n) is 30.9. The van der Waals surface area contributed by atoms with Crippen LogP contribution in [0.15, 0.2) is 235 Å². The number of fused-ring (bicyclic) bond motifs is 11. The molecule has 456 valence electrons. The minimum Gasteiger partial charge on any atom is -0.508 e. The summed E-state index contributed by atoms with van der Waals surface area (Å²) in [6.45, 7) is 25.1. The molecule has 3 aromatic heterocycles. The van der Waals surface area contributed by atoms with Crippen molar-refractivity contribution >= 4 is 87.1 Å². The normalized spacial score (nSPS) is 10.4. The molecule has 0 saturated heterocycles. The highest BCUT2D eigenvalue weighted by molar-refractivity contribution is 6.08. The van der Waals surface area contributed by atoms with Crippen LogP contribution in [0.1, 0.15) is 112 Å². The summed E-state index contributed by atoms with van der Waals surface area (Å²) < 4.78 is 16.2.